The van der Waals surface area contributed by atoms with Crippen LogP contribution in [0.4, 0.5) is 27.6 Å². The number of rotatable bonds is 5. The number of anilines is 1. The molecular weight excluding hydrogens is 295 g/mol. The second kappa shape index (κ2) is 5.29. The summed E-state index contributed by atoms with van der Waals surface area (Å²) in [5.74, 6) is -5.53. The number of hydrogen-bond donors (Lipinski definition) is 2. The van der Waals surface area contributed by atoms with E-state index < -0.39 is 45.3 Å². The molecule has 1 aromatic rings. The van der Waals surface area contributed by atoms with Crippen molar-refractivity contribution in [1.29, 1.82) is 0 Å². The van der Waals surface area contributed by atoms with Crippen molar-refractivity contribution in [2.75, 3.05) is 11.9 Å². The lowest BCUT2D eigenvalue weighted by Gasteiger charge is -2.17. The third-order valence-corrected chi connectivity index (χ3v) is 3.01. The molecule has 0 atom stereocenters. The Morgan fingerprint density at radius 2 is 1.89 bits per heavy atom. The van der Waals surface area contributed by atoms with Crippen LogP contribution >= 0.6 is 0 Å². The molecule has 3 N–H and O–H groups in total. The van der Waals surface area contributed by atoms with Crippen molar-refractivity contribution < 1.29 is 30.4 Å². The lowest BCUT2D eigenvalue weighted by Crippen LogP contribution is -2.35. The molecule has 0 aliphatic carbocycles. The van der Waals surface area contributed by atoms with E-state index in [2.05, 4.69) is 0 Å². The Bertz CT molecular complexity index is 562. The molecule has 0 spiro atoms. The summed E-state index contributed by atoms with van der Waals surface area (Å²) in [7, 11) is -4.13. The third kappa shape index (κ3) is 4.03. The molecule has 108 valence electrons. The van der Waals surface area contributed by atoms with E-state index in [4.69, 9.17) is 5.14 Å². The number of nitrogens with one attached hydrogen (secondary N) is 1. The predicted molar refractivity (Wildman–Crippen MR) is 57.2 cm³/mol. The minimum absolute atomic E-state index is 0.498. The summed E-state index contributed by atoms with van der Waals surface area (Å²) >= 11 is 0. The number of sulfonamides is 1. The Hall–Kier alpha value is -1.42. The SMILES string of the molecule is NS(=O)(=O)c1ccc(NCC(F)(F)C(F)F)c(F)c1. The lowest BCUT2D eigenvalue weighted by atomic mass is 10.3. The summed E-state index contributed by atoms with van der Waals surface area (Å²) in [6.45, 7) is -1.49. The standard InChI is InChI=1S/C9H9F5N2O2S/c10-6-3-5(19(15,17)18)1-2-7(6)16-4-9(13,14)8(11)12/h1-3,8,16H,4H2,(H2,15,17,18). The van der Waals surface area contributed by atoms with Crippen LogP contribution in [0.2, 0.25) is 0 Å². The fourth-order valence-corrected chi connectivity index (χ4v) is 1.63. The maximum Gasteiger partial charge on any atom is 0.324 e. The Balaban J connectivity index is 2.88. The van der Waals surface area contributed by atoms with Crippen molar-refractivity contribution in [2.45, 2.75) is 17.2 Å². The van der Waals surface area contributed by atoms with E-state index in [9.17, 15) is 30.4 Å². The monoisotopic (exact) mass is 304 g/mol. The van der Waals surface area contributed by atoms with Crippen LogP contribution in [0, 0.1) is 5.82 Å². The van der Waals surface area contributed by atoms with E-state index in [1.54, 1.807) is 5.32 Å². The molecule has 0 aliphatic heterocycles. The van der Waals surface area contributed by atoms with E-state index >= 15 is 0 Å². The summed E-state index contributed by atoms with van der Waals surface area (Å²) in [6.07, 6.45) is -3.90. The number of halogens is 5. The predicted octanol–water partition coefficient (Wildman–Crippen LogP) is 1.79. The summed E-state index contributed by atoms with van der Waals surface area (Å²) in [6, 6.07) is 2.18. The number of benzene rings is 1. The van der Waals surface area contributed by atoms with Gasteiger partial charge in [0.25, 0.3) is 0 Å². The number of alkyl halides is 4. The molecule has 0 fully saturated rings. The van der Waals surface area contributed by atoms with Gasteiger partial charge in [0.15, 0.2) is 0 Å². The van der Waals surface area contributed by atoms with E-state index in [1.807, 2.05) is 0 Å². The van der Waals surface area contributed by atoms with Gasteiger partial charge < -0.3 is 5.32 Å². The molecule has 0 unspecified atom stereocenters. The highest BCUT2D eigenvalue weighted by atomic mass is 32.2. The highest BCUT2D eigenvalue weighted by Crippen LogP contribution is 2.25. The Morgan fingerprint density at radius 3 is 2.32 bits per heavy atom. The van der Waals surface area contributed by atoms with Gasteiger partial charge in [-0.15, -0.1) is 0 Å². The van der Waals surface area contributed by atoms with E-state index in [-0.39, 0.29) is 0 Å². The van der Waals surface area contributed by atoms with Gasteiger partial charge in [-0.25, -0.2) is 26.7 Å². The third-order valence-electron chi connectivity index (χ3n) is 2.10. The van der Waals surface area contributed by atoms with Crippen molar-refractivity contribution in [2.24, 2.45) is 5.14 Å². The first kappa shape index (κ1) is 15.6. The van der Waals surface area contributed by atoms with Gasteiger partial charge in [0.2, 0.25) is 10.0 Å². The second-order valence-electron chi connectivity index (χ2n) is 3.60. The molecule has 0 aliphatic rings. The van der Waals surface area contributed by atoms with Gasteiger partial charge in [-0.2, -0.15) is 8.78 Å². The van der Waals surface area contributed by atoms with Crippen molar-refractivity contribution in [3.05, 3.63) is 24.0 Å². The van der Waals surface area contributed by atoms with Crippen LogP contribution in [0.1, 0.15) is 0 Å². The zero-order chi connectivity index (χ0) is 14.8. The number of nitrogens with two attached hydrogens (primary N) is 1. The van der Waals surface area contributed by atoms with E-state index in [1.165, 1.54) is 0 Å². The van der Waals surface area contributed by atoms with Crippen molar-refractivity contribution >= 4 is 15.7 Å². The molecule has 10 heteroatoms. The first-order valence-corrected chi connectivity index (χ1v) is 6.31. The van der Waals surface area contributed by atoms with Gasteiger partial charge >= 0.3 is 12.3 Å². The van der Waals surface area contributed by atoms with Crippen LogP contribution < -0.4 is 10.5 Å². The maximum absolute atomic E-state index is 13.3. The Kier molecular flexibility index (Phi) is 4.35. The molecule has 0 heterocycles. The molecular formula is C9H9F5N2O2S. The van der Waals surface area contributed by atoms with E-state index in [0.29, 0.717) is 6.07 Å². The quantitative estimate of drug-likeness (QED) is 0.815. The van der Waals surface area contributed by atoms with Crippen LogP contribution in [0.5, 0.6) is 0 Å². The van der Waals surface area contributed by atoms with Crippen LogP contribution in [0.25, 0.3) is 0 Å². The van der Waals surface area contributed by atoms with Gasteiger partial charge in [-0.3, -0.25) is 0 Å². The van der Waals surface area contributed by atoms with Crippen LogP contribution in [0.15, 0.2) is 23.1 Å². The highest BCUT2D eigenvalue weighted by Gasteiger charge is 2.40. The van der Waals surface area contributed by atoms with E-state index in [0.717, 1.165) is 12.1 Å². The first-order chi connectivity index (χ1) is 8.54. The molecule has 0 saturated carbocycles. The Morgan fingerprint density at radius 1 is 1.32 bits per heavy atom. The molecule has 4 nitrogen and oxygen atoms in total. The molecule has 1 aromatic carbocycles. The molecule has 0 aromatic heterocycles. The number of primary sulfonamides is 1. The highest BCUT2D eigenvalue weighted by molar-refractivity contribution is 7.89. The fourth-order valence-electron chi connectivity index (χ4n) is 1.11. The molecule has 0 amide bonds. The first-order valence-electron chi connectivity index (χ1n) is 4.76. The molecule has 19 heavy (non-hydrogen) atoms. The molecule has 1 rings (SSSR count). The van der Waals surface area contributed by atoms with Crippen molar-refractivity contribution in [1.82, 2.24) is 0 Å². The van der Waals surface area contributed by atoms with Crippen LogP contribution in [0.3, 0.4) is 0 Å². The van der Waals surface area contributed by atoms with Crippen molar-refractivity contribution in [3.63, 3.8) is 0 Å². The number of hydrogen-bond acceptors (Lipinski definition) is 3. The minimum atomic E-state index is -4.33. The summed E-state index contributed by atoms with van der Waals surface area (Å²) in [5, 5.41) is 6.50. The van der Waals surface area contributed by atoms with Gasteiger partial charge in [0.1, 0.15) is 5.82 Å². The molecule has 0 saturated heterocycles. The van der Waals surface area contributed by atoms with Gasteiger partial charge in [0.05, 0.1) is 17.1 Å². The van der Waals surface area contributed by atoms with Gasteiger partial charge in [-0.05, 0) is 18.2 Å². The zero-order valence-electron chi connectivity index (χ0n) is 9.21. The van der Waals surface area contributed by atoms with Crippen LogP contribution in [-0.2, 0) is 10.0 Å². The zero-order valence-corrected chi connectivity index (χ0v) is 10.0. The second-order valence-corrected chi connectivity index (χ2v) is 5.16. The largest absolute Gasteiger partial charge is 0.376 e. The Labute approximate surface area is 105 Å². The smallest absolute Gasteiger partial charge is 0.324 e. The average Bonchev–Trinajstić information content (AvgIpc) is 2.25. The minimum Gasteiger partial charge on any atom is -0.376 e. The van der Waals surface area contributed by atoms with Gasteiger partial charge in [-0.1, -0.05) is 0 Å². The van der Waals surface area contributed by atoms with Crippen molar-refractivity contribution in [3.8, 4) is 0 Å². The summed E-state index contributed by atoms with van der Waals surface area (Å²) < 4.78 is 84.0. The molecule has 0 radical (unpaired) electrons. The summed E-state index contributed by atoms with van der Waals surface area (Å²) in [5.41, 5.74) is -0.535. The van der Waals surface area contributed by atoms with Gasteiger partial charge in [0, 0.05) is 0 Å². The lowest BCUT2D eigenvalue weighted by molar-refractivity contribution is -0.117. The maximum atomic E-state index is 13.3. The molecule has 0 bridgehead atoms. The fraction of sp³-hybridized carbons (Fsp3) is 0.333. The topological polar surface area (TPSA) is 72.2 Å². The summed E-state index contributed by atoms with van der Waals surface area (Å²) in [4.78, 5) is -0.559. The van der Waals surface area contributed by atoms with Crippen LogP contribution in [-0.4, -0.2) is 27.3 Å². The average molecular weight is 304 g/mol. The normalized spacial score (nSPS) is 12.8.